The first-order valence-electron chi connectivity index (χ1n) is 20.8. The third kappa shape index (κ3) is 10.1. The quantitative estimate of drug-likeness (QED) is 0.0684. The number of rotatable bonds is 12. The van der Waals surface area contributed by atoms with Crippen LogP contribution in [0.4, 0.5) is 0 Å². The molecule has 2 aliphatic rings. The van der Waals surface area contributed by atoms with Gasteiger partial charge in [0.05, 0.1) is 22.8 Å². The molecule has 2 N–H and O–H groups in total. The van der Waals surface area contributed by atoms with Crippen LogP contribution in [0.15, 0.2) is 121 Å². The third-order valence-electron chi connectivity index (χ3n) is 10.7. The molecule has 0 fully saturated rings. The number of aromatic nitrogens is 4. The van der Waals surface area contributed by atoms with Crippen molar-refractivity contribution in [1.82, 2.24) is 19.9 Å². The fraction of sp³-hybridized carbons (Fsp3) is 0.0769. The molecule has 0 spiro atoms. The number of nitrogens with zero attached hydrogens (tertiary/aromatic N) is 2. The molecule has 8 bridgehead atoms. The van der Waals surface area contributed by atoms with Crippen LogP contribution in [0.5, 0.6) is 23.0 Å². The number of hydrogen-bond donors (Lipinski definition) is 2. The van der Waals surface area contributed by atoms with Crippen molar-refractivity contribution in [3.63, 3.8) is 0 Å². The van der Waals surface area contributed by atoms with Gasteiger partial charge in [-0.25, -0.2) is 9.97 Å². The van der Waals surface area contributed by atoms with E-state index in [9.17, 15) is 19.2 Å². The number of aromatic amines is 2. The first-order valence-corrected chi connectivity index (χ1v) is 25.2. The molecular formula is C52H34Br4N4O8. The van der Waals surface area contributed by atoms with Gasteiger partial charge in [0.2, 0.25) is 0 Å². The van der Waals surface area contributed by atoms with Crippen LogP contribution in [0.3, 0.4) is 0 Å². The predicted molar refractivity (Wildman–Crippen MR) is 278 cm³/mol. The van der Waals surface area contributed by atoms with Crippen LogP contribution < -0.4 is 18.9 Å². The second-order valence-electron chi connectivity index (χ2n) is 15.0. The van der Waals surface area contributed by atoms with E-state index in [1.54, 1.807) is 48.5 Å². The smallest absolute Gasteiger partial charge is 0.321 e. The van der Waals surface area contributed by atoms with Crippen molar-refractivity contribution in [2.24, 2.45) is 0 Å². The predicted octanol–water partition coefficient (Wildman–Crippen LogP) is 12.5. The van der Waals surface area contributed by atoms with Crippen LogP contribution in [-0.2, 0) is 19.2 Å². The number of fused-ring (bicyclic) bond motifs is 8. The SMILES string of the molecule is O=C(CBr)Oc1ccc(-c2c3nc(c(-c4ccc(OC(=O)CBr)cc4)c4ccc([nH]4)c(-c4ccc(OC(=O)CBr)cc4)c4nc(c(-c5ccc(OC(=O)CBr)cc5)c5ccc2[nH]5)C=C4)C=C3)cc1. The Hall–Kier alpha value is -6.72. The van der Waals surface area contributed by atoms with Crippen molar-refractivity contribution in [3.8, 4) is 67.5 Å². The number of H-pyrrole nitrogens is 2. The number of benzene rings is 4. The summed E-state index contributed by atoms with van der Waals surface area (Å²) >= 11 is 12.7. The van der Waals surface area contributed by atoms with Crippen LogP contribution in [-0.4, -0.2) is 65.1 Å². The highest BCUT2D eigenvalue weighted by molar-refractivity contribution is 9.10. The summed E-state index contributed by atoms with van der Waals surface area (Å²) in [4.78, 5) is 66.7. The molecule has 338 valence electrons. The van der Waals surface area contributed by atoms with E-state index in [1.807, 2.05) is 97.1 Å². The average Bonchev–Trinajstić information content (AvgIpc) is 4.22. The van der Waals surface area contributed by atoms with Gasteiger partial charge in [0.1, 0.15) is 44.3 Å². The third-order valence-corrected chi connectivity index (χ3v) is 12.5. The lowest BCUT2D eigenvalue weighted by Crippen LogP contribution is -2.08. The summed E-state index contributed by atoms with van der Waals surface area (Å²) in [5, 5.41) is 0.205. The van der Waals surface area contributed by atoms with Gasteiger partial charge in [-0.2, -0.15) is 0 Å². The Kier molecular flexibility index (Phi) is 14.1. The lowest BCUT2D eigenvalue weighted by molar-refractivity contribution is -0.132. The number of esters is 4. The molecule has 9 rings (SSSR count). The second-order valence-corrected chi connectivity index (χ2v) is 17.3. The fourth-order valence-corrected chi connectivity index (χ4v) is 8.27. The van der Waals surface area contributed by atoms with Crippen molar-refractivity contribution < 1.29 is 38.1 Å². The molecule has 0 atom stereocenters. The van der Waals surface area contributed by atoms with Gasteiger partial charge in [-0.05, 0) is 119 Å². The van der Waals surface area contributed by atoms with E-state index < -0.39 is 23.9 Å². The standard InChI is InChI=1S/C52H34Br4N4O8/c53-25-45(61)65-33-9-1-29(2-10-33)49-37-17-19-39(57-37)50(30-3-11-34(12-4-30)66-46(62)26-54)41-21-23-43(59-41)52(32-7-15-36(16-8-32)68-48(64)28-56)44-24-22-42(60-44)51(40-20-18-38(49)58-40)31-5-13-35(14-6-31)67-47(63)27-55/h1-24,57,60H,25-28H2. The Morgan fingerprint density at radius 3 is 0.735 bits per heavy atom. The maximum absolute atomic E-state index is 12.2. The molecular weight excluding hydrogens is 1130 g/mol. The zero-order chi connectivity index (χ0) is 47.3. The van der Waals surface area contributed by atoms with Gasteiger partial charge in [0.25, 0.3) is 0 Å². The van der Waals surface area contributed by atoms with Crippen molar-refractivity contribution >= 4 is 134 Å². The zero-order valence-corrected chi connectivity index (χ0v) is 41.7. The summed E-state index contributed by atoms with van der Waals surface area (Å²) in [5.41, 5.74) is 11.8. The largest absolute Gasteiger partial charge is 0.426 e. The molecule has 3 aromatic heterocycles. The Balaban J connectivity index is 1.35. The van der Waals surface area contributed by atoms with E-state index >= 15 is 0 Å². The van der Waals surface area contributed by atoms with Gasteiger partial charge in [-0.15, -0.1) is 0 Å². The minimum absolute atomic E-state index is 0.0512. The van der Waals surface area contributed by atoms with Crippen LogP contribution in [0, 0.1) is 0 Å². The molecule has 0 aliphatic carbocycles. The van der Waals surface area contributed by atoms with Crippen molar-refractivity contribution in [2.45, 2.75) is 0 Å². The number of nitrogens with one attached hydrogen (secondary N) is 2. The summed E-state index contributed by atoms with van der Waals surface area (Å²) in [6.07, 6.45) is 7.84. The Labute approximate surface area is 422 Å². The Bertz CT molecular complexity index is 2910. The van der Waals surface area contributed by atoms with E-state index in [1.165, 1.54) is 0 Å². The Morgan fingerprint density at radius 1 is 0.338 bits per heavy atom. The normalized spacial score (nSPS) is 11.6. The summed E-state index contributed by atoms with van der Waals surface area (Å²) in [6.45, 7) is 0. The summed E-state index contributed by atoms with van der Waals surface area (Å²) in [7, 11) is 0. The lowest BCUT2D eigenvalue weighted by Gasteiger charge is -2.09. The molecule has 7 aromatic rings. The van der Waals surface area contributed by atoms with Gasteiger partial charge in [-0.3, -0.25) is 19.2 Å². The summed E-state index contributed by atoms with van der Waals surface area (Å²) in [6, 6.07) is 36.9. The minimum atomic E-state index is -0.422. The van der Waals surface area contributed by atoms with E-state index in [4.69, 9.17) is 28.9 Å². The molecule has 5 heterocycles. The molecule has 0 radical (unpaired) electrons. The molecule has 0 saturated heterocycles. The van der Waals surface area contributed by atoms with E-state index in [0.29, 0.717) is 45.8 Å². The van der Waals surface area contributed by atoms with Gasteiger partial charge < -0.3 is 28.9 Å². The minimum Gasteiger partial charge on any atom is -0.426 e. The molecule has 0 saturated carbocycles. The number of carbonyl (C=O) groups excluding carboxylic acids is 4. The van der Waals surface area contributed by atoms with Gasteiger partial charge in [-0.1, -0.05) is 112 Å². The van der Waals surface area contributed by atoms with Gasteiger partial charge in [0.15, 0.2) is 0 Å². The van der Waals surface area contributed by atoms with Crippen molar-refractivity contribution in [2.75, 3.05) is 21.3 Å². The first-order chi connectivity index (χ1) is 33.1. The van der Waals surface area contributed by atoms with Crippen molar-refractivity contribution in [3.05, 3.63) is 144 Å². The second kappa shape index (κ2) is 20.7. The maximum Gasteiger partial charge on any atom is 0.321 e. The van der Waals surface area contributed by atoms with Crippen LogP contribution in [0.1, 0.15) is 22.8 Å². The summed E-state index contributed by atoms with van der Waals surface area (Å²) in [5.74, 6) is -0.123. The number of hydrogen-bond acceptors (Lipinski definition) is 10. The first kappa shape index (κ1) is 46.4. The maximum atomic E-state index is 12.2. The topological polar surface area (TPSA) is 163 Å². The van der Waals surface area contributed by atoms with E-state index in [-0.39, 0.29) is 21.3 Å². The van der Waals surface area contributed by atoms with Crippen LogP contribution >= 0.6 is 63.7 Å². The molecule has 4 aromatic carbocycles. The summed E-state index contributed by atoms with van der Waals surface area (Å²) < 4.78 is 22.0. The number of halogens is 4. The van der Waals surface area contributed by atoms with Crippen molar-refractivity contribution in [1.29, 1.82) is 0 Å². The molecule has 0 unspecified atom stereocenters. The zero-order valence-electron chi connectivity index (χ0n) is 35.4. The van der Waals surface area contributed by atoms with E-state index in [0.717, 1.165) is 66.6 Å². The monoisotopic (exact) mass is 1160 g/mol. The van der Waals surface area contributed by atoms with E-state index in [2.05, 4.69) is 73.7 Å². The van der Waals surface area contributed by atoms with Crippen LogP contribution in [0.25, 0.3) is 90.9 Å². The highest BCUT2D eigenvalue weighted by atomic mass is 79.9. The number of ether oxygens (including phenoxy) is 4. The highest BCUT2D eigenvalue weighted by Gasteiger charge is 2.20. The molecule has 16 heteroatoms. The average molecular weight is 1160 g/mol. The molecule has 68 heavy (non-hydrogen) atoms. The van der Waals surface area contributed by atoms with Crippen LogP contribution in [0.2, 0.25) is 0 Å². The van der Waals surface area contributed by atoms with Gasteiger partial charge in [0, 0.05) is 44.3 Å². The fourth-order valence-electron chi connectivity index (χ4n) is 7.81. The highest BCUT2D eigenvalue weighted by Crippen LogP contribution is 2.39. The Morgan fingerprint density at radius 2 is 0.544 bits per heavy atom. The lowest BCUT2D eigenvalue weighted by atomic mass is 10.0. The van der Waals surface area contributed by atoms with Gasteiger partial charge >= 0.3 is 23.9 Å². The number of carbonyl (C=O) groups is 4. The molecule has 12 nitrogen and oxygen atoms in total. The molecule has 0 amide bonds. The molecule has 2 aliphatic heterocycles. The number of alkyl halides is 4.